The Morgan fingerprint density at radius 1 is 0.970 bits per heavy atom. The fraction of sp³-hybridized carbons (Fsp3) is 0.407. The molecule has 0 aliphatic carbocycles. The molecule has 33 heavy (non-hydrogen) atoms. The minimum Gasteiger partial charge on any atom is -0.457 e. The zero-order chi connectivity index (χ0) is 23.6. The lowest BCUT2D eigenvalue weighted by Crippen LogP contribution is -2.62. The SMILES string of the molecule is CN1C2CC(c3ccccc3)=C(C(=O)OCc3ccccc3)C1CN(C(=O)OC(C)(C)C)C2. The van der Waals surface area contributed by atoms with E-state index in [2.05, 4.69) is 4.90 Å². The first-order chi connectivity index (χ1) is 15.7. The van der Waals surface area contributed by atoms with Crippen LogP contribution in [-0.2, 0) is 20.9 Å². The average molecular weight is 449 g/mol. The molecule has 0 radical (unpaired) electrons. The molecule has 2 aromatic rings. The van der Waals surface area contributed by atoms with E-state index in [9.17, 15) is 9.59 Å². The Balaban J connectivity index is 1.65. The molecule has 2 aromatic carbocycles. The number of nitrogens with zero attached hydrogens (tertiary/aromatic N) is 2. The van der Waals surface area contributed by atoms with Gasteiger partial charge in [-0.3, -0.25) is 4.90 Å². The van der Waals surface area contributed by atoms with E-state index in [1.54, 1.807) is 4.90 Å². The van der Waals surface area contributed by atoms with Gasteiger partial charge in [-0.25, -0.2) is 9.59 Å². The van der Waals surface area contributed by atoms with Crippen LogP contribution in [0.1, 0.15) is 38.3 Å². The molecule has 2 heterocycles. The standard InChI is InChI=1S/C27H32N2O4/c1-27(2,3)33-26(31)29-16-21-15-22(20-13-9-6-10-14-20)24(23(17-29)28(21)4)25(30)32-18-19-11-7-5-8-12-19/h5-14,21,23H,15-18H2,1-4H3. The van der Waals surface area contributed by atoms with Gasteiger partial charge in [0.15, 0.2) is 0 Å². The summed E-state index contributed by atoms with van der Waals surface area (Å²) in [5.74, 6) is -0.334. The average Bonchev–Trinajstić information content (AvgIpc) is 2.77. The van der Waals surface area contributed by atoms with Crippen molar-refractivity contribution < 1.29 is 19.1 Å². The molecule has 174 valence electrons. The van der Waals surface area contributed by atoms with Crippen LogP contribution in [0.25, 0.3) is 5.57 Å². The smallest absolute Gasteiger partial charge is 0.410 e. The summed E-state index contributed by atoms with van der Waals surface area (Å²) in [7, 11) is 2.02. The molecule has 6 heteroatoms. The number of piperazine rings is 1. The molecule has 2 aliphatic heterocycles. The number of amides is 1. The molecule has 2 bridgehead atoms. The molecule has 0 aromatic heterocycles. The summed E-state index contributed by atoms with van der Waals surface area (Å²) in [6.45, 7) is 6.74. The van der Waals surface area contributed by atoms with Crippen LogP contribution in [0.2, 0.25) is 0 Å². The van der Waals surface area contributed by atoms with Crippen LogP contribution >= 0.6 is 0 Å². The zero-order valence-corrected chi connectivity index (χ0v) is 19.8. The third-order valence-electron chi connectivity index (χ3n) is 6.20. The molecule has 2 atom stereocenters. The van der Waals surface area contributed by atoms with Crippen molar-refractivity contribution in [3.05, 3.63) is 77.4 Å². The summed E-state index contributed by atoms with van der Waals surface area (Å²) in [6, 6.07) is 19.5. The van der Waals surface area contributed by atoms with Crippen LogP contribution in [0.3, 0.4) is 0 Å². The largest absolute Gasteiger partial charge is 0.457 e. The molecular weight excluding hydrogens is 416 g/mol. The summed E-state index contributed by atoms with van der Waals surface area (Å²) in [4.78, 5) is 30.2. The third kappa shape index (κ3) is 5.28. The molecule has 2 aliphatic rings. The Kier molecular flexibility index (Phi) is 6.56. The highest BCUT2D eigenvalue weighted by molar-refractivity contribution is 6.00. The molecule has 0 saturated carbocycles. The number of hydrogen-bond donors (Lipinski definition) is 0. The van der Waals surface area contributed by atoms with Crippen LogP contribution in [0.4, 0.5) is 4.79 Å². The van der Waals surface area contributed by atoms with E-state index in [-0.39, 0.29) is 30.8 Å². The van der Waals surface area contributed by atoms with Gasteiger partial charge in [-0.05, 0) is 50.9 Å². The van der Waals surface area contributed by atoms with Gasteiger partial charge in [0.1, 0.15) is 12.2 Å². The molecule has 0 N–H and O–H groups in total. The maximum absolute atomic E-state index is 13.5. The maximum atomic E-state index is 13.5. The van der Waals surface area contributed by atoms with E-state index < -0.39 is 5.60 Å². The molecule has 1 saturated heterocycles. The lowest BCUT2D eigenvalue weighted by Gasteiger charge is -2.49. The number of fused-ring (bicyclic) bond motifs is 2. The van der Waals surface area contributed by atoms with Crippen molar-refractivity contribution in [3.8, 4) is 0 Å². The van der Waals surface area contributed by atoms with Gasteiger partial charge in [0.25, 0.3) is 0 Å². The van der Waals surface area contributed by atoms with E-state index in [0.29, 0.717) is 25.1 Å². The van der Waals surface area contributed by atoms with E-state index in [4.69, 9.17) is 9.47 Å². The number of carbonyl (C=O) groups is 2. The van der Waals surface area contributed by atoms with Gasteiger partial charge in [0, 0.05) is 19.1 Å². The molecule has 6 nitrogen and oxygen atoms in total. The van der Waals surface area contributed by atoms with Crippen LogP contribution < -0.4 is 0 Å². The first-order valence-corrected chi connectivity index (χ1v) is 11.4. The van der Waals surface area contributed by atoms with Crippen LogP contribution in [0.5, 0.6) is 0 Å². The topological polar surface area (TPSA) is 59.1 Å². The minimum absolute atomic E-state index is 0.0946. The lowest BCUT2D eigenvalue weighted by atomic mass is 9.82. The van der Waals surface area contributed by atoms with E-state index in [1.165, 1.54) is 0 Å². The molecule has 0 spiro atoms. The number of carbonyl (C=O) groups excluding carboxylic acids is 2. The van der Waals surface area contributed by atoms with E-state index in [0.717, 1.165) is 16.7 Å². The zero-order valence-electron chi connectivity index (χ0n) is 19.8. The van der Waals surface area contributed by atoms with Gasteiger partial charge in [-0.15, -0.1) is 0 Å². The van der Waals surface area contributed by atoms with Gasteiger partial charge < -0.3 is 14.4 Å². The third-order valence-corrected chi connectivity index (χ3v) is 6.20. The number of ether oxygens (including phenoxy) is 2. The maximum Gasteiger partial charge on any atom is 0.410 e. The Hall–Kier alpha value is -3.12. The molecule has 4 rings (SSSR count). The predicted molar refractivity (Wildman–Crippen MR) is 127 cm³/mol. The Morgan fingerprint density at radius 3 is 2.24 bits per heavy atom. The minimum atomic E-state index is -0.571. The molecule has 1 amide bonds. The van der Waals surface area contributed by atoms with Gasteiger partial charge in [-0.2, -0.15) is 0 Å². The van der Waals surface area contributed by atoms with Crippen molar-refractivity contribution in [1.29, 1.82) is 0 Å². The normalized spacial score (nSPS) is 21.0. The highest BCUT2D eigenvalue weighted by Crippen LogP contribution is 2.38. The van der Waals surface area contributed by atoms with Gasteiger partial charge in [-0.1, -0.05) is 60.7 Å². The Morgan fingerprint density at radius 2 is 1.61 bits per heavy atom. The second kappa shape index (κ2) is 9.40. The van der Waals surface area contributed by atoms with Crippen molar-refractivity contribution in [2.45, 2.75) is 51.5 Å². The molecular formula is C27H32N2O4. The second-order valence-electron chi connectivity index (χ2n) is 9.74. The van der Waals surface area contributed by atoms with Crippen LogP contribution in [-0.4, -0.2) is 59.7 Å². The second-order valence-corrected chi connectivity index (χ2v) is 9.74. The predicted octanol–water partition coefficient (Wildman–Crippen LogP) is 4.51. The summed E-state index contributed by atoms with van der Waals surface area (Å²) < 4.78 is 11.4. The number of esters is 1. The van der Waals surface area contributed by atoms with Crippen molar-refractivity contribution >= 4 is 17.6 Å². The highest BCUT2D eigenvalue weighted by Gasteiger charge is 2.44. The van der Waals surface area contributed by atoms with Crippen molar-refractivity contribution in [1.82, 2.24) is 9.80 Å². The van der Waals surface area contributed by atoms with Crippen LogP contribution in [0, 0.1) is 0 Å². The quantitative estimate of drug-likeness (QED) is 0.645. The fourth-order valence-corrected chi connectivity index (χ4v) is 4.55. The number of rotatable bonds is 4. The first kappa shape index (κ1) is 23.1. The van der Waals surface area contributed by atoms with Gasteiger partial charge >= 0.3 is 12.1 Å². The molecule has 2 unspecified atom stereocenters. The number of likely N-dealkylation sites (N-methyl/N-ethyl adjacent to an activating group) is 1. The first-order valence-electron chi connectivity index (χ1n) is 11.4. The summed E-state index contributed by atoms with van der Waals surface area (Å²) in [6.07, 6.45) is 0.317. The van der Waals surface area contributed by atoms with Crippen molar-refractivity contribution in [3.63, 3.8) is 0 Å². The van der Waals surface area contributed by atoms with Crippen LogP contribution in [0.15, 0.2) is 66.2 Å². The van der Waals surface area contributed by atoms with Crippen molar-refractivity contribution in [2.24, 2.45) is 0 Å². The van der Waals surface area contributed by atoms with Gasteiger partial charge in [0.2, 0.25) is 0 Å². The summed E-state index contributed by atoms with van der Waals surface area (Å²) in [5.41, 5.74) is 3.03. The van der Waals surface area contributed by atoms with Gasteiger partial charge in [0.05, 0.1) is 11.6 Å². The monoisotopic (exact) mass is 448 g/mol. The Labute approximate surface area is 195 Å². The van der Waals surface area contributed by atoms with E-state index in [1.807, 2.05) is 88.5 Å². The number of hydrogen-bond acceptors (Lipinski definition) is 5. The molecule has 1 fully saturated rings. The number of benzene rings is 2. The lowest BCUT2D eigenvalue weighted by molar-refractivity contribution is -0.141. The highest BCUT2D eigenvalue weighted by atomic mass is 16.6. The fourth-order valence-electron chi connectivity index (χ4n) is 4.55. The van der Waals surface area contributed by atoms with E-state index >= 15 is 0 Å². The van der Waals surface area contributed by atoms with Crippen molar-refractivity contribution in [2.75, 3.05) is 20.1 Å². The summed E-state index contributed by atoms with van der Waals surface area (Å²) in [5, 5.41) is 0. The Bertz CT molecular complexity index is 1030. The summed E-state index contributed by atoms with van der Waals surface area (Å²) >= 11 is 0.